The van der Waals surface area contributed by atoms with Gasteiger partial charge in [0.25, 0.3) is 5.91 Å². The molecule has 0 unspecified atom stereocenters. The van der Waals surface area contributed by atoms with Crippen LogP contribution in [-0.2, 0) is 0 Å². The number of hydrogen-bond donors (Lipinski definition) is 1. The summed E-state index contributed by atoms with van der Waals surface area (Å²) in [6, 6.07) is 3.63. The van der Waals surface area contributed by atoms with Crippen molar-refractivity contribution < 1.29 is 13.6 Å². The number of rotatable bonds is 2. The van der Waals surface area contributed by atoms with E-state index in [1.54, 1.807) is 17.2 Å². The Kier molecular flexibility index (Phi) is 4.68. The summed E-state index contributed by atoms with van der Waals surface area (Å²) in [7, 11) is 0. The van der Waals surface area contributed by atoms with Crippen LogP contribution in [0.3, 0.4) is 0 Å². The highest BCUT2D eigenvalue weighted by atomic mass is 19.1. The van der Waals surface area contributed by atoms with Crippen molar-refractivity contribution in [3.63, 3.8) is 0 Å². The number of benzene rings is 1. The Morgan fingerprint density at radius 2 is 2.00 bits per heavy atom. The third kappa shape index (κ3) is 3.29. The van der Waals surface area contributed by atoms with E-state index in [0.29, 0.717) is 12.4 Å². The molecule has 2 atom stereocenters. The van der Waals surface area contributed by atoms with Crippen LogP contribution in [0.4, 0.5) is 14.7 Å². The molecule has 164 valence electrons. The maximum Gasteiger partial charge on any atom is 0.274 e. The maximum absolute atomic E-state index is 14.2. The molecule has 5 rings (SSSR count). The summed E-state index contributed by atoms with van der Waals surface area (Å²) in [6.07, 6.45) is 3.08. The van der Waals surface area contributed by atoms with Crippen LogP contribution in [0, 0.1) is 18.6 Å². The second kappa shape index (κ2) is 7.43. The zero-order valence-corrected chi connectivity index (χ0v) is 17.5. The van der Waals surface area contributed by atoms with E-state index in [1.165, 1.54) is 4.52 Å². The fraction of sp³-hybridized carbons (Fsp3) is 0.333. The minimum Gasteiger partial charge on any atom is -0.368 e. The maximum atomic E-state index is 14.2. The number of halogens is 2. The number of nitrogen functional groups attached to an aromatic ring is 1. The van der Waals surface area contributed by atoms with Crippen molar-refractivity contribution in [2.45, 2.75) is 38.6 Å². The van der Waals surface area contributed by atoms with Crippen LogP contribution >= 0.6 is 0 Å². The first-order valence-corrected chi connectivity index (χ1v) is 10.2. The molecular weight excluding hydrogens is 418 g/mol. The molecule has 9 nitrogen and oxygen atoms in total. The first-order chi connectivity index (χ1) is 15.3. The molecule has 0 spiro atoms. The number of nitrogens with two attached hydrogens (primary N) is 1. The minimum absolute atomic E-state index is 0.00820. The third-order valence-corrected chi connectivity index (χ3v) is 5.85. The van der Waals surface area contributed by atoms with Crippen molar-refractivity contribution in [1.29, 1.82) is 0 Å². The Balaban J connectivity index is 1.53. The average Bonchev–Trinajstić information content (AvgIpc) is 3.21. The molecule has 1 aromatic carbocycles. The predicted octanol–water partition coefficient (Wildman–Crippen LogP) is 2.64. The van der Waals surface area contributed by atoms with Crippen molar-refractivity contribution in [3.8, 4) is 0 Å². The first-order valence-electron chi connectivity index (χ1n) is 10.2. The molecule has 1 aliphatic heterocycles. The molecule has 1 saturated heterocycles. The largest absolute Gasteiger partial charge is 0.368 e. The van der Waals surface area contributed by atoms with E-state index < -0.39 is 11.6 Å². The van der Waals surface area contributed by atoms with Crippen LogP contribution in [0.25, 0.3) is 16.6 Å². The molecule has 0 radical (unpaired) electrons. The summed E-state index contributed by atoms with van der Waals surface area (Å²) < 4.78 is 29.4. The minimum atomic E-state index is -0.818. The highest BCUT2D eigenvalue weighted by Crippen LogP contribution is 2.31. The van der Waals surface area contributed by atoms with Crippen molar-refractivity contribution in [2.24, 2.45) is 0 Å². The number of aryl methyl sites for hydroxylation is 1. The smallest absolute Gasteiger partial charge is 0.274 e. The first kappa shape index (κ1) is 20.2. The molecule has 11 heteroatoms. The number of carbonyl (C=O) groups is 1. The lowest BCUT2D eigenvalue weighted by molar-refractivity contribution is 0.0598. The monoisotopic (exact) mass is 438 g/mol. The summed E-state index contributed by atoms with van der Waals surface area (Å²) in [5, 5.41) is 12.5. The Hall–Kier alpha value is -3.76. The number of aromatic nitrogens is 6. The normalized spacial score (nSPS) is 19.1. The number of fused-ring (bicyclic) bond motifs is 3. The van der Waals surface area contributed by atoms with Gasteiger partial charge in [-0.05, 0) is 44.4 Å². The summed E-state index contributed by atoms with van der Waals surface area (Å²) >= 11 is 0. The number of piperidine rings is 1. The number of carbonyl (C=O) groups excluding carboxylic acids is 1. The fourth-order valence-corrected chi connectivity index (χ4v) is 4.16. The van der Waals surface area contributed by atoms with Crippen molar-refractivity contribution in [3.05, 3.63) is 53.1 Å². The van der Waals surface area contributed by atoms with Crippen LogP contribution in [0.1, 0.15) is 47.6 Å². The van der Waals surface area contributed by atoms with Crippen LogP contribution in [0.15, 0.2) is 24.4 Å². The molecule has 3 aromatic heterocycles. The van der Waals surface area contributed by atoms with E-state index in [1.807, 2.05) is 13.8 Å². The molecule has 1 aliphatic rings. The van der Waals surface area contributed by atoms with Gasteiger partial charge in [-0.25, -0.2) is 18.7 Å². The van der Waals surface area contributed by atoms with Gasteiger partial charge in [0, 0.05) is 24.6 Å². The lowest BCUT2D eigenvalue weighted by atomic mass is 9.92. The van der Waals surface area contributed by atoms with Crippen LogP contribution in [-0.4, -0.2) is 53.2 Å². The SMILES string of the molecule is Cc1cnnc(C(=O)N2C[C@H](c3nc4c5cc(F)cc(F)c5nc(N)n4n3)CC[C@@H]2C)c1. The van der Waals surface area contributed by atoms with Crippen molar-refractivity contribution in [1.82, 2.24) is 34.7 Å². The molecule has 4 heterocycles. The molecule has 32 heavy (non-hydrogen) atoms. The van der Waals surface area contributed by atoms with E-state index in [9.17, 15) is 13.6 Å². The van der Waals surface area contributed by atoms with Gasteiger partial charge in [0.05, 0.1) is 11.6 Å². The third-order valence-electron chi connectivity index (χ3n) is 5.85. The van der Waals surface area contributed by atoms with E-state index >= 15 is 0 Å². The number of anilines is 1. The Morgan fingerprint density at radius 3 is 2.78 bits per heavy atom. The van der Waals surface area contributed by atoms with Gasteiger partial charge in [0.1, 0.15) is 11.3 Å². The standard InChI is InChI=1S/C21H20F2N8O/c1-10-5-16(28-25-8-10)20(32)30-9-12(4-3-11(30)2)18-27-19-14-6-13(22)7-15(23)17(14)26-21(24)31(19)29-18/h5-8,11-12H,3-4,9H2,1-2H3,(H2,24,26)/t11-,12+/m0/s1. The molecule has 0 saturated carbocycles. The number of likely N-dealkylation sites (tertiary alicyclic amines) is 1. The van der Waals surface area contributed by atoms with Gasteiger partial charge in [-0.15, -0.1) is 10.2 Å². The van der Waals surface area contributed by atoms with Gasteiger partial charge in [0.15, 0.2) is 23.0 Å². The predicted molar refractivity (Wildman–Crippen MR) is 112 cm³/mol. The topological polar surface area (TPSA) is 115 Å². The van der Waals surface area contributed by atoms with Crippen molar-refractivity contribution in [2.75, 3.05) is 12.3 Å². The average molecular weight is 438 g/mol. The lowest BCUT2D eigenvalue weighted by Gasteiger charge is -2.36. The number of hydrogen-bond acceptors (Lipinski definition) is 7. The van der Waals surface area contributed by atoms with Gasteiger partial charge in [-0.2, -0.15) is 9.61 Å². The molecule has 1 amide bonds. The van der Waals surface area contributed by atoms with Gasteiger partial charge >= 0.3 is 0 Å². The van der Waals surface area contributed by atoms with E-state index in [4.69, 9.17) is 5.73 Å². The molecular formula is C21H20F2N8O. The molecule has 0 bridgehead atoms. The van der Waals surface area contributed by atoms with Crippen LogP contribution in [0.2, 0.25) is 0 Å². The quantitative estimate of drug-likeness (QED) is 0.512. The number of nitrogens with zero attached hydrogens (tertiary/aromatic N) is 7. The van der Waals surface area contributed by atoms with E-state index in [-0.39, 0.29) is 46.1 Å². The summed E-state index contributed by atoms with van der Waals surface area (Å²) in [5.41, 5.74) is 7.26. The summed E-state index contributed by atoms with van der Waals surface area (Å²) in [4.78, 5) is 23.4. The Labute approximate surface area is 181 Å². The van der Waals surface area contributed by atoms with Crippen LogP contribution in [0.5, 0.6) is 0 Å². The van der Waals surface area contributed by atoms with Gasteiger partial charge in [-0.1, -0.05) is 0 Å². The Morgan fingerprint density at radius 1 is 1.19 bits per heavy atom. The van der Waals surface area contributed by atoms with E-state index in [0.717, 1.165) is 30.5 Å². The zero-order chi connectivity index (χ0) is 22.6. The Bertz CT molecular complexity index is 1370. The number of amides is 1. The van der Waals surface area contributed by atoms with Gasteiger partial charge in [0.2, 0.25) is 5.95 Å². The van der Waals surface area contributed by atoms with E-state index in [2.05, 4.69) is 25.3 Å². The summed E-state index contributed by atoms with van der Waals surface area (Å²) in [6.45, 7) is 4.21. The molecule has 4 aromatic rings. The second-order valence-electron chi connectivity index (χ2n) is 8.16. The molecule has 1 fully saturated rings. The van der Waals surface area contributed by atoms with Gasteiger partial charge < -0.3 is 10.6 Å². The molecule has 2 N–H and O–H groups in total. The second-order valence-corrected chi connectivity index (χ2v) is 8.16. The highest BCUT2D eigenvalue weighted by Gasteiger charge is 2.33. The zero-order valence-electron chi connectivity index (χ0n) is 17.5. The highest BCUT2D eigenvalue weighted by molar-refractivity contribution is 5.93. The van der Waals surface area contributed by atoms with Gasteiger partial charge in [-0.3, -0.25) is 4.79 Å². The molecule has 0 aliphatic carbocycles. The fourth-order valence-electron chi connectivity index (χ4n) is 4.16. The summed E-state index contributed by atoms with van der Waals surface area (Å²) in [5.74, 6) is -1.56. The van der Waals surface area contributed by atoms with Crippen LogP contribution < -0.4 is 5.73 Å². The van der Waals surface area contributed by atoms with Crippen molar-refractivity contribution >= 4 is 28.4 Å². The lowest BCUT2D eigenvalue weighted by Crippen LogP contribution is -2.45.